The first-order valence-corrected chi connectivity index (χ1v) is 13.2. The molecule has 1 fully saturated rings. The molecule has 0 saturated carbocycles. The number of amides is 2. The third-order valence-corrected chi connectivity index (χ3v) is 6.71. The number of carbonyl (C=O) groups is 3. The predicted octanol–water partition coefficient (Wildman–Crippen LogP) is 4.62. The van der Waals surface area contributed by atoms with Gasteiger partial charge in [0, 0.05) is 0 Å². The number of β-lactam (4-membered cyclic amide) rings is 1. The first-order valence-electron chi connectivity index (χ1n) is 13.2. The number of esters is 1. The maximum absolute atomic E-state index is 13.3. The molecule has 0 spiro atoms. The fourth-order valence-corrected chi connectivity index (χ4v) is 4.56. The molecule has 0 aromatic heterocycles. The van der Waals surface area contributed by atoms with E-state index in [-0.39, 0.29) is 31.4 Å². The lowest BCUT2D eigenvalue weighted by atomic mass is 9.97. The summed E-state index contributed by atoms with van der Waals surface area (Å²) in [5.41, 5.74) is 3.36. The number of benzene rings is 4. The molecule has 202 valence electrons. The molecule has 2 unspecified atom stereocenters. The maximum atomic E-state index is 13.3. The van der Waals surface area contributed by atoms with E-state index in [0.717, 1.165) is 16.7 Å². The average Bonchev–Trinajstić information content (AvgIpc) is 3.00. The number of hydrogen-bond acceptors (Lipinski definition) is 5. The van der Waals surface area contributed by atoms with Crippen LogP contribution in [0.3, 0.4) is 0 Å². The van der Waals surface area contributed by atoms with Crippen LogP contribution in [0.15, 0.2) is 115 Å². The van der Waals surface area contributed by atoms with E-state index in [2.05, 4.69) is 5.32 Å². The monoisotopic (exact) mass is 534 g/mol. The van der Waals surface area contributed by atoms with Gasteiger partial charge in [-0.25, -0.2) is 4.79 Å². The van der Waals surface area contributed by atoms with Crippen LogP contribution >= 0.6 is 0 Å². The molecular weight excluding hydrogens is 504 g/mol. The average molecular weight is 535 g/mol. The molecule has 40 heavy (non-hydrogen) atoms. The highest BCUT2D eigenvalue weighted by molar-refractivity contribution is 5.96. The van der Waals surface area contributed by atoms with Gasteiger partial charge < -0.3 is 19.7 Å². The fourth-order valence-electron chi connectivity index (χ4n) is 4.56. The number of rotatable bonds is 11. The van der Waals surface area contributed by atoms with Crippen molar-refractivity contribution < 1.29 is 23.9 Å². The molecule has 7 nitrogen and oxygen atoms in total. The van der Waals surface area contributed by atoms with Crippen molar-refractivity contribution in [3.05, 3.63) is 138 Å². The summed E-state index contributed by atoms with van der Waals surface area (Å²) < 4.78 is 11.5. The Kier molecular flexibility index (Phi) is 8.51. The molecule has 5 rings (SSSR count). The maximum Gasteiger partial charge on any atom is 0.333 e. The minimum atomic E-state index is -0.943. The molecule has 2 atom stereocenters. The Labute approximate surface area is 233 Å². The number of carbonyl (C=O) groups excluding carboxylic acids is 3. The summed E-state index contributed by atoms with van der Waals surface area (Å²) in [5.74, 6) is -0.464. The highest BCUT2D eigenvalue weighted by atomic mass is 16.5. The lowest BCUT2D eigenvalue weighted by molar-refractivity contribution is -0.164. The summed E-state index contributed by atoms with van der Waals surface area (Å²) in [7, 11) is 0. The third-order valence-electron chi connectivity index (χ3n) is 6.71. The fraction of sp³-hybridized carbons (Fsp3) is 0.182. The molecule has 4 aromatic rings. The van der Waals surface area contributed by atoms with E-state index < -0.39 is 18.1 Å². The van der Waals surface area contributed by atoms with Crippen molar-refractivity contribution in [1.29, 1.82) is 0 Å². The molecule has 1 N–H and O–H groups in total. The van der Waals surface area contributed by atoms with Crippen molar-refractivity contribution in [1.82, 2.24) is 10.2 Å². The van der Waals surface area contributed by atoms with Crippen LogP contribution in [0.25, 0.3) is 0 Å². The van der Waals surface area contributed by atoms with Gasteiger partial charge >= 0.3 is 5.97 Å². The number of nitrogens with one attached hydrogen (secondary N) is 1. The zero-order valence-electron chi connectivity index (χ0n) is 21.9. The molecule has 7 heteroatoms. The Balaban J connectivity index is 1.26. The SMILES string of the molecule is O=C(Cc1ccccc1)NC1CN(C(C(=O)OCc2ccccc2)c2ccc(OCc3ccccc3)cc2)C1=O. The van der Waals surface area contributed by atoms with Gasteiger partial charge in [0.2, 0.25) is 11.8 Å². The second kappa shape index (κ2) is 12.8. The topological polar surface area (TPSA) is 84.9 Å². The molecule has 0 radical (unpaired) electrons. The van der Waals surface area contributed by atoms with E-state index in [4.69, 9.17) is 9.47 Å². The zero-order chi connectivity index (χ0) is 27.7. The van der Waals surface area contributed by atoms with E-state index in [1.54, 1.807) is 24.3 Å². The molecule has 1 heterocycles. The highest BCUT2D eigenvalue weighted by Gasteiger charge is 2.45. The number of hydrogen-bond donors (Lipinski definition) is 1. The summed E-state index contributed by atoms with van der Waals surface area (Å²) in [6, 6.07) is 34.0. The second-order valence-corrected chi connectivity index (χ2v) is 9.61. The molecule has 1 saturated heterocycles. The summed E-state index contributed by atoms with van der Waals surface area (Å²) in [6.07, 6.45) is 0.178. The number of ether oxygens (including phenoxy) is 2. The molecule has 2 amide bonds. The van der Waals surface area contributed by atoms with E-state index >= 15 is 0 Å². The molecule has 4 aromatic carbocycles. The number of likely N-dealkylation sites (tertiary alicyclic amines) is 1. The van der Waals surface area contributed by atoms with Gasteiger partial charge in [0.15, 0.2) is 6.04 Å². The molecule has 0 bridgehead atoms. The number of nitrogens with zero attached hydrogens (tertiary/aromatic N) is 1. The van der Waals surface area contributed by atoms with Crippen LogP contribution in [0, 0.1) is 0 Å². The van der Waals surface area contributed by atoms with Crippen LogP contribution in [0.1, 0.15) is 28.3 Å². The van der Waals surface area contributed by atoms with Gasteiger partial charge in [-0.2, -0.15) is 0 Å². The quantitative estimate of drug-likeness (QED) is 0.224. The summed E-state index contributed by atoms with van der Waals surface area (Å²) >= 11 is 0. The third kappa shape index (κ3) is 6.74. The zero-order valence-corrected chi connectivity index (χ0v) is 21.9. The van der Waals surface area contributed by atoms with Gasteiger partial charge in [0.05, 0.1) is 13.0 Å². The summed E-state index contributed by atoms with van der Waals surface area (Å²) in [6.45, 7) is 0.710. The lowest BCUT2D eigenvalue weighted by Crippen LogP contribution is -2.65. The second-order valence-electron chi connectivity index (χ2n) is 9.61. The van der Waals surface area contributed by atoms with Gasteiger partial charge in [0.1, 0.15) is 25.0 Å². The van der Waals surface area contributed by atoms with Gasteiger partial charge in [-0.3, -0.25) is 9.59 Å². The van der Waals surface area contributed by atoms with Crippen LogP contribution in [-0.2, 0) is 38.8 Å². The van der Waals surface area contributed by atoms with Crippen molar-refractivity contribution >= 4 is 17.8 Å². The van der Waals surface area contributed by atoms with Gasteiger partial charge in [0.25, 0.3) is 0 Å². The van der Waals surface area contributed by atoms with Gasteiger partial charge in [-0.1, -0.05) is 103 Å². The Morgan fingerprint density at radius 2 is 1.30 bits per heavy atom. The van der Waals surface area contributed by atoms with Crippen LogP contribution < -0.4 is 10.1 Å². The lowest BCUT2D eigenvalue weighted by Gasteiger charge is -2.42. The minimum Gasteiger partial charge on any atom is -0.489 e. The summed E-state index contributed by atoms with van der Waals surface area (Å²) in [5, 5.41) is 2.79. The van der Waals surface area contributed by atoms with Crippen LogP contribution in [-0.4, -0.2) is 35.3 Å². The first kappa shape index (κ1) is 26.7. The largest absolute Gasteiger partial charge is 0.489 e. The van der Waals surface area contributed by atoms with Crippen LogP contribution in [0.2, 0.25) is 0 Å². The van der Waals surface area contributed by atoms with E-state index in [1.807, 2.05) is 91.0 Å². The Morgan fingerprint density at radius 3 is 1.88 bits per heavy atom. The minimum absolute atomic E-state index is 0.0910. The van der Waals surface area contributed by atoms with Crippen molar-refractivity contribution in [2.24, 2.45) is 0 Å². The van der Waals surface area contributed by atoms with Crippen molar-refractivity contribution in [3.8, 4) is 5.75 Å². The smallest absolute Gasteiger partial charge is 0.333 e. The molecule has 0 aliphatic carbocycles. The standard InChI is InChI=1S/C33H30N2O5/c36-30(20-24-10-4-1-5-11-24)34-29-21-35(32(29)37)31(33(38)40-23-26-14-8-3-9-15-26)27-16-18-28(19-17-27)39-22-25-12-6-2-7-13-25/h1-19,29,31H,20-23H2,(H,34,36). The van der Waals surface area contributed by atoms with E-state index in [1.165, 1.54) is 4.90 Å². The Morgan fingerprint density at radius 1 is 0.750 bits per heavy atom. The Bertz CT molecular complexity index is 1430. The first-order chi connectivity index (χ1) is 19.6. The van der Waals surface area contributed by atoms with Gasteiger partial charge in [-0.15, -0.1) is 0 Å². The van der Waals surface area contributed by atoms with E-state index in [0.29, 0.717) is 17.9 Å². The normalized spacial score (nSPS) is 15.1. The van der Waals surface area contributed by atoms with Crippen molar-refractivity contribution in [2.75, 3.05) is 6.54 Å². The van der Waals surface area contributed by atoms with E-state index in [9.17, 15) is 14.4 Å². The molecule has 1 aliphatic rings. The molecular formula is C33H30N2O5. The van der Waals surface area contributed by atoms with Crippen LogP contribution in [0.5, 0.6) is 5.75 Å². The van der Waals surface area contributed by atoms with Gasteiger partial charge in [-0.05, 0) is 34.4 Å². The summed E-state index contributed by atoms with van der Waals surface area (Å²) in [4.78, 5) is 40.4. The van der Waals surface area contributed by atoms with Crippen molar-refractivity contribution in [2.45, 2.75) is 31.7 Å². The predicted molar refractivity (Wildman–Crippen MR) is 150 cm³/mol. The van der Waals surface area contributed by atoms with Crippen LogP contribution in [0.4, 0.5) is 0 Å². The molecule has 1 aliphatic heterocycles. The Hall–Kier alpha value is -4.91. The van der Waals surface area contributed by atoms with Crippen molar-refractivity contribution in [3.63, 3.8) is 0 Å². The highest BCUT2D eigenvalue weighted by Crippen LogP contribution is 2.30.